The van der Waals surface area contributed by atoms with E-state index in [9.17, 15) is 43.2 Å². The van der Waals surface area contributed by atoms with Crippen LogP contribution in [-0.4, -0.2) is 96.7 Å². The summed E-state index contributed by atoms with van der Waals surface area (Å²) < 4.78 is 68.6. The predicted octanol–water partition coefficient (Wildman–Crippen LogP) is 23.2. The van der Waals surface area contributed by atoms with E-state index in [-0.39, 0.29) is 25.7 Å². The molecule has 0 bridgehead atoms. The fourth-order valence-electron chi connectivity index (χ4n) is 11.7. The van der Waals surface area contributed by atoms with Crippen LogP contribution in [0.25, 0.3) is 0 Å². The molecule has 0 aromatic heterocycles. The van der Waals surface area contributed by atoms with Crippen LogP contribution in [0.5, 0.6) is 0 Å². The number of esters is 4. The topological polar surface area (TPSA) is 237 Å². The van der Waals surface area contributed by atoms with Crippen LogP contribution in [0, 0.1) is 5.92 Å². The molecule has 0 aliphatic rings. The van der Waals surface area contributed by atoms with Crippen LogP contribution in [-0.2, 0) is 65.4 Å². The number of aliphatic hydroxyl groups is 1. The lowest BCUT2D eigenvalue weighted by Gasteiger charge is -2.21. The first-order chi connectivity index (χ1) is 47.5. The third-order valence-electron chi connectivity index (χ3n) is 17.9. The van der Waals surface area contributed by atoms with Crippen molar-refractivity contribution < 1.29 is 80.2 Å². The number of phosphoric ester groups is 2. The predicted molar refractivity (Wildman–Crippen MR) is 400 cm³/mol. The summed E-state index contributed by atoms with van der Waals surface area (Å²) >= 11 is 0. The first kappa shape index (κ1) is 95.5. The molecule has 0 heterocycles. The average Bonchev–Trinajstić information content (AvgIpc) is 1.08. The van der Waals surface area contributed by atoms with E-state index in [4.69, 9.17) is 37.0 Å². The van der Waals surface area contributed by atoms with E-state index >= 15 is 0 Å². The van der Waals surface area contributed by atoms with Gasteiger partial charge >= 0.3 is 39.5 Å². The second kappa shape index (κ2) is 71.5. The van der Waals surface area contributed by atoms with Crippen LogP contribution in [0.3, 0.4) is 0 Å². The molecule has 0 rings (SSSR count). The Kier molecular flexibility index (Phi) is 69.7. The largest absolute Gasteiger partial charge is 0.472 e. The third-order valence-corrected chi connectivity index (χ3v) is 19.8. The second-order valence-electron chi connectivity index (χ2n) is 28.2. The molecule has 0 amide bonds. The lowest BCUT2D eigenvalue weighted by molar-refractivity contribution is -0.161. The van der Waals surface area contributed by atoms with Crippen molar-refractivity contribution in [1.29, 1.82) is 0 Å². The van der Waals surface area contributed by atoms with Gasteiger partial charge in [0.15, 0.2) is 12.2 Å². The van der Waals surface area contributed by atoms with E-state index in [1.54, 1.807) is 0 Å². The molecule has 0 aliphatic carbocycles. The number of rotatable bonds is 77. The molecule has 3 N–H and O–H groups in total. The number of ether oxygens (including phenoxy) is 4. The van der Waals surface area contributed by atoms with E-state index in [1.165, 1.54) is 199 Å². The van der Waals surface area contributed by atoms with E-state index in [0.717, 1.165) is 115 Å². The van der Waals surface area contributed by atoms with Gasteiger partial charge in [0, 0.05) is 25.7 Å². The summed E-state index contributed by atoms with van der Waals surface area (Å²) in [6, 6.07) is 0. The molecule has 0 fully saturated rings. The quantitative estimate of drug-likeness (QED) is 0.0169. The number of aliphatic hydroxyl groups excluding tert-OH is 1. The zero-order valence-corrected chi connectivity index (χ0v) is 65.2. The van der Waals surface area contributed by atoms with Crippen molar-refractivity contribution in [2.24, 2.45) is 5.92 Å². The van der Waals surface area contributed by atoms with Gasteiger partial charge in [-0.05, 0) is 57.3 Å². The highest BCUT2D eigenvalue weighted by molar-refractivity contribution is 7.47. The molecular weight excluding hydrogens is 1280 g/mol. The first-order valence-corrected chi connectivity index (χ1v) is 43.4. The second-order valence-corrected chi connectivity index (χ2v) is 31.2. The lowest BCUT2D eigenvalue weighted by Crippen LogP contribution is -2.30. The van der Waals surface area contributed by atoms with Gasteiger partial charge in [-0.15, -0.1) is 0 Å². The molecule has 17 nitrogen and oxygen atoms in total. The minimum Gasteiger partial charge on any atom is -0.462 e. The third kappa shape index (κ3) is 71.9. The average molecular weight is 1430 g/mol. The number of hydrogen-bond acceptors (Lipinski definition) is 15. The summed E-state index contributed by atoms with van der Waals surface area (Å²) in [7, 11) is -9.93. The Labute approximate surface area is 599 Å². The highest BCUT2D eigenvalue weighted by Gasteiger charge is 2.30. The van der Waals surface area contributed by atoms with Crippen molar-refractivity contribution in [3.8, 4) is 0 Å². The lowest BCUT2D eigenvalue weighted by atomic mass is 10.0. The number of hydrogen-bond donors (Lipinski definition) is 3. The van der Waals surface area contributed by atoms with Gasteiger partial charge in [0.05, 0.1) is 26.4 Å². The Bertz CT molecular complexity index is 1970. The molecule has 0 aromatic carbocycles. The maximum absolute atomic E-state index is 13.1. The number of carbonyl (C=O) groups is 4. The molecule has 0 radical (unpaired) electrons. The van der Waals surface area contributed by atoms with Crippen molar-refractivity contribution in [1.82, 2.24) is 0 Å². The van der Waals surface area contributed by atoms with Gasteiger partial charge in [-0.3, -0.25) is 37.3 Å². The minimum absolute atomic E-state index is 0.101. The zero-order chi connectivity index (χ0) is 71.9. The maximum atomic E-state index is 13.1. The Hall–Kier alpha value is -2.46. The first-order valence-electron chi connectivity index (χ1n) is 40.5. The van der Waals surface area contributed by atoms with E-state index in [1.807, 2.05) is 0 Å². The van der Waals surface area contributed by atoms with Crippen molar-refractivity contribution in [2.75, 3.05) is 39.6 Å². The number of allylic oxidation sites excluding steroid dienone is 4. The van der Waals surface area contributed by atoms with Crippen LogP contribution >= 0.6 is 15.6 Å². The molecule has 0 aromatic rings. The van der Waals surface area contributed by atoms with Crippen molar-refractivity contribution in [3.05, 3.63) is 24.3 Å². The maximum Gasteiger partial charge on any atom is 0.472 e. The summed E-state index contributed by atoms with van der Waals surface area (Å²) in [5, 5.41) is 10.6. The smallest absolute Gasteiger partial charge is 0.462 e. The Morgan fingerprint density at radius 2 is 0.551 bits per heavy atom. The van der Waals surface area contributed by atoms with Gasteiger partial charge < -0.3 is 33.8 Å². The Balaban J connectivity index is 5.30. The molecule has 19 heteroatoms. The summed E-state index contributed by atoms with van der Waals surface area (Å²) in [5.74, 6) is -1.35. The fourth-order valence-corrected chi connectivity index (χ4v) is 13.3. The van der Waals surface area contributed by atoms with Gasteiger partial charge in [0.2, 0.25) is 0 Å². The van der Waals surface area contributed by atoms with Crippen LogP contribution < -0.4 is 0 Å². The van der Waals surface area contributed by atoms with Crippen molar-refractivity contribution in [2.45, 2.75) is 412 Å². The van der Waals surface area contributed by atoms with E-state index < -0.39 is 97.5 Å². The van der Waals surface area contributed by atoms with Crippen LogP contribution in [0.1, 0.15) is 394 Å². The number of carbonyl (C=O) groups excluding carboxylic acids is 4. The van der Waals surface area contributed by atoms with Crippen LogP contribution in [0.15, 0.2) is 24.3 Å². The number of unbranched alkanes of at least 4 members (excludes halogenated alkanes) is 46. The Morgan fingerprint density at radius 3 is 0.837 bits per heavy atom. The molecule has 0 saturated carbocycles. The van der Waals surface area contributed by atoms with Gasteiger partial charge in [0.25, 0.3) is 0 Å². The summed E-state index contributed by atoms with van der Waals surface area (Å²) in [6.07, 6.45) is 64.4. The zero-order valence-electron chi connectivity index (χ0n) is 63.4. The Morgan fingerprint density at radius 1 is 0.316 bits per heavy atom. The summed E-state index contributed by atoms with van der Waals surface area (Å²) in [5.41, 5.74) is 0. The van der Waals surface area contributed by atoms with Crippen molar-refractivity contribution in [3.63, 3.8) is 0 Å². The fraction of sp³-hybridized carbons (Fsp3) is 0.899. The van der Waals surface area contributed by atoms with Gasteiger partial charge in [-0.1, -0.05) is 341 Å². The van der Waals surface area contributed by atoms with Gasteiger partial charge in [-0.25, -0.2) is 9.13 Å². The standard InChI is InChI=1S/C79H150O17P2/c1-6-9-12-15-18-21-24-27-29-34-38-43-48-53-58-63-77(82)90-69-75(96-79(84)65-60-55-50-45-40-35-30-32-36-41-46-51-56-61-72(4)5)71-94-98(87,88)92-67-73(80)66-91-97(85,86)93-70-74(68-89-76(81)62-57-52-47-42-37-31-26-23-20-17-14-11-8-3)95-78(83)64-59-54-49-44-39-33-28-25-22-19-16-13-10-7-2/h21,24,27,29,72-75,80H,6-20,22-23,25-26,28,30-71H2,1-5H3,(H,85,86)(H,87,88)/b24-21-,29-27-/t73-,74+,75+/m0/s1. The minimum atomic E-state index is -4.97. The van der Waals surface area contributed by atoms with Gasteiger partial charge in [-0.2, -0.15) is 0 Å². The van der Waals surface area contributed by atoms with E-state index in [0.29, 0.717) is 25.7 Å². The van der Waals surface area contributed by atoms with Gasteiger partial charge in [0.1, 0.15) is 19.3 Å². The molecule has 0 aliphatic heterocycles. The van der Waals surface area contributed by atoms with Crippen LogP contribution in [0.2, 0.25) is 0 Å². The molecule has 98 heavy (non-hydrogen) atoms. The number of phosphoric acid groups is 2. The van der Waals surface area contributed by atoms with E-state index in [2.05, 4.69) is 58.9 Å². The molecule has 2 unspecified atom stereocenters. The highest BCUT2D eigenvalue weighted by Crippen LogP contribution is 2.45. The normalized spacial score (nSPS) is 14.1. The summed E-state index contributed by atoms with van der Waals surface area (Å²) in [4.78, 5) is 73.0. The molecular formula is C79H150O17P2. The van der Waals surface area contributed by atoms with Crippen molar-refractivity contribution >= 4 is 39.5 Å². The SMILES string of the molecule is CCCCCC/C=C\C=C/CCCCCCCC(=O)OC[C@H](COP(=O)(O)OC[C@@H](O)COP(=O)(O)OC[C@@H](COC(=O)CCCCCCCCCCCCCCC)OC(=O)CCCCCCCCCCCCCCCC)OC(=O)CCCCCCCCCCCCCCCC(C)C. The monoisotopic (exact) mass is 1430 g/mol. The molecule has 5 atom stereocenters. The molecule has 578 valence electrons. The molecule has 0 saturated heterocycles. The molecule has 0 spiro atoms. The highest BCUT2D eigenvalue weighted by atomic mass is 31.2. The summed E-state index contributed by atoms with van der Waals surface area (Å²) in [6.45, 7) is 7.27. The van der Waals surface area contributed by atoms with Crippen LogP contribution in [0.4, 0.5) is 0 Å².